The van der Waals surface area contributed by atoms with Crippen LogP contribution in [0.3, 0.4) is 0 Å². The maximum absolute atomic E-state index is 8.49. The van der Waals surface area contributed by atoms with E-state index >= 15 is 0 Å². The van der Waals surface area contributed by atoms with Gasteiger partial charge in [0.25, 0.3) is 0 Å². The number of ether oxygens (including phenoxy) is 2. The van der Waals surface area contributed by atoms with Crippen molar-refractivity contribution in [2.75, 3.05) is 13.7 Å². The predicted octanol–water partition coefficient (Wildman–Crippen LogP) is -0.282. The number of fused-ring (bicyclic) bond motifs is 1. The summed E-state index contributed by atoms with van der Waals surface area (Å²) in [5, 5.41) is 2.44. The SMILES string of the molecule is CCOc1ccc([NH+]=c2cc(-c3ccccc3Cl)oc3ccc(OC)cc23)cc1.[O-][Cl+3]([O-])([O-])[O-]. The third-order valence-corrected chi connectivity index (χ3v) is 4.89. The van der Waals surface area contributed by atoms with Crippen molar-refractivity contribution >= 4 is 28.3 Å². The molecule has 4 aromatic rings. The monoisotopic (exact) mass is 505 g/mol. The Balaban J connectivity index is 0.000000588. The van der Waals surface area contributed by atoms with Crippen LogP contribution in [0.2, 0.25) is 5.02 Å². The van der Waals surface area contributed by atoms with E-state index in [1.807, 2.05) is 79.7 Å². The summed E-state index contributed by atoms with van der Waals surface area (Å²) in [4.78, 5) is 3.48. The Morgan fingerprint density at radius 1 is 0.912 bits per heavy atom. The highest BCUT2D eigenvalue weighted by molar-refractivity contribution is 6.33. The van der Waals surface area contributed by atoms with Gasteiger partial charge in [0.1, 0.15) is 22.8 Å². The number of rotatable bonds is 5. The van der Waals surface area contributed by atoms with Crippen LogP contribution in [0, 0.1) is 10.2 Å². The molecular formula is C24H21Cl2NO7. The zero-order valence-corrected chi connectivity index (χ0v) is 19.8. The largest absolute Gasteiger partial charge is 0.497 e. The van der Waals surface area contributed by atoms with E-state index in [1.54, 1.807) is 7.11 Å². The van der Waals surface area contributed by atoms with Crippen LogP contribution in [-0.2, 0) is 0 Å². The first-order valence-electron chi connectivity index (χ1n) is 9.99. The summed E-state index contributed by atoms with van der Waals surface area (Å²) in [6, 6.07) is 23.2. The molecule has 0 bridgehead atoms. The zero-order chi connectivity index (χ0) is 24.7. The van der Waals surface area contributed by atoms with Crippen LogP contribution in [0.5, 0.6) is 11.5 Å². The fraction of sp³-hybridized carbons (Fsp3) is 0.125. The molecule has 3 aromatic carbocycles. The minimum Gasteiger partial charge on any atom is -0.497 e. The minimum absolute atomic E-state index is 0.635. The number of methoxy groups -OCH3 is 1. The molecule has 1 aromatic heterocycles. The molecule has 1 N–H and O–H groups in total. The highest BCUT2D eigenvalue weighted by atomic mass is 35.7. The van der Waals surface area contributed by atoms with Gasteiger partial charge in [-0.25, -0.2) is 23.6 Å². The molecule has 0 saturated heterocycles. The molecule has 4 rings (SSSR count). The first-order valence-corrected chi connectivity index (χ1v) is 11.6. The number of hydrogen-bond donors (Lipinski definition) is 1. The van der Waals surface area contributed by atoms with Gasteiger partial charge in [0.15, 0.2) is 0 Å². The van der Waals surface area contributed by atoms with E-state index < -0.39 is 10.2 Å². The first kappa shape index (κ1) is 25.5. The van der Waals surface area contributed by atoms with Crippen LogP contribution in [-0.4, -0.2) is 13.7 Å². The van der Waals surface area contributed by atoms with E-state index in [2.05, 4.69) is 4.99 Å². The van der Waals surface area contributed by atoms with Gasteiger partial charge in [-0.05, 0) is 49.4 Å². The lowest BCUT2D eigenvalue weighted by molar-refractivity contribution is -2.00. The van der Waals surface area contributed by atoms with Gasteiger partial charge in [-0.3, -0.25) is 0 Å². The van der Waals surface area contributed by atoms with Gasteiger partial charge in [0.2, 0.25) is 11.0 Å². The van der Waals surface area contributed by atoms with E-state index in [9.17, 15) is 0 Å². The second-order valence-corrected chi connectivity index (χ2v) is 7.99. The van der Waals surface area contributed by atoms with Crippen molar-refractivity contribution in [3.05, 3.63) is 83.2 Å². The third-order valence-electron chi connectivity index (χ3n) is 4.56. The summed E-state index contributed by atoms with van der Waals surface area (Å²) in [6.45, 7) is 2.61. The summed E-state index contributed by atoms with van der Waals surface area (Å²) >= 11 is 6.40. The van der Waals surface area contributed by atoms with E-state index in [0.29, 0.717) is 17.4 Å². The van der Waals surface area contributed by atoms with Crippen LogP contribution in [0.25, 0.3) is 22.3 Å². The van der Waals surface area contributed by atoms with Gasteiger partial charge in [-0.1, -0.05) is 23.7 Å². The normalized spacial score (nSPS) is 11.7. The van der Waals surface area contributed by atoms with E-state index in [1.165, 1.54) is 0 Å². The maximum Gasteiger partial charge on any atom is 0.218 e. The quantitative estimate of drug-likeness (QED) is 0.393. The van der Waals surface area contributed by atoms with E-state index in [0.717, 1.165) is 39.1 Å². The molecule has 0 aliphatic carbocycles. The molecule has 0 aliphatic heterocycles. The fourth-order valence-electron chi connectivity index (χ4n) is 3.15. The van der Waals surface area contributed by atoms with Crippen molar-refractivity contribution in [1.82, 2.24) is 0 Å². The molecule has 178 valence electrons. The molecule has 0 saturated carbocycles. The molecule has 0 amide bonds. The first-order chi connectivity index (χ1) is 16.2. The number of hydrogen-bond acceptors (Lipinski definition) is 7. The van der Waals surface area contributed by atoms with Gasteiger partial charge in [0.05, 0.1) is 30.2 Å². The summed E-state index contributed by atoms with van der Waals surface area (Å²) in [5.41, 5.74) is 2.51. The molecule has 0 radical (unpaired) electrons. The van der Waals surface area contributed by atoms with E-state index in [-0.39, 0.29) is 0 Å². The molecule has 0 spiro atoms. The van der Waals surface area contributed by atoms with Gasteiger partial charge in [0, 0.05) is 17.7 Å². The van der Waals surface area contributed by atoms with Crippen LogP contribution in [0.4, 0.5) is 5.69 Å². The Hall–Kier alpha value is -3.11. The summed E-state index contributed by atoms with van der Waals surface area (Å²) in [6.07, 6.45) is 0. The lowest BCUT2D eigenvalue weighted by Crippen LogP contribution is -2.70. The standard InChI is InChI=1S/C24H20ClNO3.ClHO4/c1-3-28-17-10-8-16(9-11-17)26-22-15-24(19-6-4-5-7-21(19)25)29-23-13-12-18(27-2)14-20(22)23;2-1(3,4)5/h4-15H,3H2,1-2H3;(H,2,3,4,5). The van der Waals surface area contributed by atoms with Crippen molar-refractivity contribution < 1.29 is 47.8 Å². The van der Waals surface area contributed by atoms with Crippen LogP contribution in [0.15, 0.2) is 77.2 Å². The molecule has 0 aliphatic rings. The zero-order valence-electron chi connectivity index (χ0n) is 18.2. The smallest absolute Gasteiger partial charge is 0.218 e. The predicted molar refractivity (Wildman–Crippen MR) is 115 cm³/mol. The highest BCUT2D eigenvalue weighted by Crippen LogP contribution is 2.29. The number of benzene rings is 3. The number of halogens is 2. The van der Waals surface area contributed by atoms with Crippen LogP contribution >= 0.6 is 11.6 Å². The lowest BCUT2D eigenvalue weighted by atomic mass is 10.1. The average Bonchev–Trinajstić information content (AvgIpc) is 2.79. The molecule has 34 heavy (non-hydrogen) atoms. The second kappa shape index (κ2) is 11.3. The van der Waals surface area contributed by atoms with Gasteiger partial charge < -0.3 is 13.9 Å². The van der Waals surface area contributed by atoms with Gasteiger partial charge in [-0.15, -0.1) is 10.2 Å². The minimum atomic E-state index is -4.94. The Morgan fingerprint density at radius 3 is 2.18 bits per heavy atom. The molecular weight excluding hydrogens is 485 g/mol. The van der Waals surface area contributed by atoms with Gasteiger partial charge in [-0.2, -0.15) is 0 Å². The second-order valence-electron chi connectivity index (χ2n) is 6.83. The Morgan fingerprint density at radius 2 is 1.56 bits per heavy atom. The van der Waals surface area contributed by atoms with Crippen molar-refractivity contribution in [2.45, 2.75) is 6.92 Å². The Labute approximate surface area is 202 Å². The third kappa shape index (κ3) is 7.19. The van der Waals surface area contributed by atoms with Crippen LogP contribution in [0.1, 0.15) is 6.92 Å². The van der Waals surface area contributed by atoms with Crippen molar-refractivity contribution in [2.24, 2.45) is 0 Å². The summed E-state index contributed by atoms with van der Waals surface area (Å²) in [7, 11) is -3.30. The van der Waals surface area contributed by atoms with Gasteiger partial charge >= 0.3 is 0 Å². The molecule has 1 heterocycles. The van der Waals surface area contributed by atoms with Crippen molar-refractivity contribution in [3.8, 4) is 22.8 Å². The average molecular weight is 506 g/mol. The van der Waals surface area contributed by atoms with Crippen LogP contribution < -0.4 is 38.5 Å². The fourth-order valence-corrected chi connectivity index (χ4v) is 3.38. The molecule has 0 fully saturated rings. The number of nitrogens with one attached hydrogen (secondary N) is 1. The molecule has 0 unspecified atom stereocenters. The molecule has 8 nitrogen and oxygen atoms in total. The van der Waals surface area contributed by atoms with Crippen molar-refractivity contribution in [3.63, 3.8) is 0 Å². The summed E-state index contributed by atoms with van der Waals surface area (Å²) < 4.78 is 51.1. The lowest BCUT2D eigenvalue weighted by Gasteiger charge is -2.17. The highest BCUT2D eigenvalue weighted by Gasteiger charge is 2.13. The molecule has 0 atom stereocenters. The Kier molecular flexibility index (Phi) is 8.51. The summed E-state index contributed by atoms with van der Waals surface area (Å²) in [5.74, 6) is 2.28. The topological polar surface area (TPSA) is 138 Å². The Bertz CT molecular complexity index is 1310. The molecule has 10 heteroatoms. The van der Waals surface area contributed by atoms with Crippen molar-refractivity contribution in [1.29, 1.82) is 0 Å². The maximum atomic E-state index is 8.49. The van der Waals surface area contributed by atoms with E-state index in [4.69, 9.17) is 44.1 Å².